The summed E-state index contributed by atoms with van der Waals surface area (Å²) in [5, 5.41) is 13.1. The molecule has 9 nitrogen and oxygen atoms in total. The van der Waals surface area contributed by atoms with E-state index in [1.807, 2.05) is 0 Å². The molecular formula is C21H17FN4O5. The third kappa shape index (κ3) is 3.24. The van der Waals surface area contributed by atoms with Crippen LogP contribution in [0.15, 0.2) is 28.9 Å². The molecule has 1 saturated heterocycles. The van der Waals surface area contributed by atoms with Gasteiger partial charge in [-0.3, -0.25) is 4.79 Å². The Morgan fingerprint density at radius 2 is 2.19 bits per heavy atom. The summed E-state index contributed by atoms with van der Waals surface area (Å²) in [5.41, 5.74) is 5.49. The number of aliphatic hydroxyl groups is 1. The average Bonchev–Trinajstić information content (AvgIpc) is 3.33. The Morgan fingerprint density at radius 3 is 2.87 bits per heavy atom. The van der Waals surface area contributed by atoms with Crippen molar-refractivity contribution in [2.75, 3.05) is 13.2 Å². The first-order chi connectivity index (χ1) is 15.0. The fourth-order valence-electron chi connectivity index (χ4n) is 3.54. The van der Waals surface area contributed by atoms with Gasteiger partial charge in [-0.15, -0.1) is 0 Å². The molecule has 2 aromatic heterocycles. The van der Waals surface area contributed by atoms with Crippen LogP contribution in [0.2, 0.25) is 0 Å². The highest BCUT2D eigenvalue weighted by Gasteiger charge is 2.42. The topological polar surface area (TPSA) is 126 Å². The third-order valence-electron chi connectivity index (χ3n) is 5.26. The SMILES string of the molecule is NC(=O)c1cn2c(n1)-c1cc(C#CC3(c4cc(CO)on4)CCO3)c(F)cc1OCC2. The van der Waals surface area contributed by atoms with Gasteiger partial charge >= 0.3 is 0 Å². The number of aliphatic hydroxyl groups excluding tert-OH is 1. The van der Waals surface area contributed by atoms with Crippen LogP contribution in [0.3, 0.4) is 0 Å². The van der Waals surface area contributed by atoms with Crippen LogP contribution in [-0.4, -0.2) is 38.9 Å². The predicted octanol–water partition coefficient (Wildman–Crippen LogP) is 1.33. The maximum Gasteiger partial charge on any atom is 0.268 e. The average molecular weight is 424 g/mol. The van der Waals surface area contributed by atoms with Crippen LogP contribution in [0.4, 0.5) is 4.39 Å². The molecule has 1 amide bonds. The number of hydrogen-bond donors (Lipinski definition) is 2. The number of aromatic nitrogens is 3. The monoisotopic (exact) mass is 424 g/mol. The molecule has 2 aliphatic heterocycles. The van der Waals surface area contributed by atoms with Gasteiger partial charge in [-0.05, 0) is 6.07 Å². The molecule has 1 aromatic carbocycles. The van der Waals surface area contributed by atoms with Crippen LogP contribution in [-0.2, 0) is 23.5 Å². The number of imidazole rings is 1. The van der Waals surface area contributed by atoms with Crippen molar-refractivity contribution in [2.24, 2.45) is 5.73 Å². The standard InChI is InChI=1S/C21H17FN4O5/c22-15-9-17-14(20-24-16(19(23)28)10-26(20)4-6-29-17)7-12(15)1-2-21(3-5-30-21)18-8-13(11-27)31-25-18/h7-10,27H,3-6,11H2,(H2,23,28). The van der Waals surface area contributed by atoms with Gasteiger partial charge in [-0.2, -0.15) is 0 Å². The molecule has 0 spiro atoms. The van der Waals surface area contributed by atoms with E-state index in [0.29, 0.717) is 42.4 Å². The molecule has 0 bridgehead atoms. The quantitative estimate of drug-likeness (QED) is 0.608. The van der Waals surface area contributed by atoms with Crippen LogP contribution < -0.4 is 10.5 Å². The summed E-state index contributed by atoms with van der Waals surface area (Å²) in [6.07, 6.45) is 2.10. The van der Waals surface area contributed by atoms with E-state index in [9.17, 15) is 14.3 Å². The van der Waals surface area contributed by atoms with Gasteiger partial charge in [0.25, 0.3) is 5.91 Å². The highest BCUT2D eigenvalue weighted by Crippen LogP contribution is 2.37. The Morgan fingerprint density at radius 1 is 1.35 bits per heavy atom. The Labute approximate surface area is 175 Å². The number of nitrogens with two attached hydrogens (primary N) is 1. The molecule has 31 heavy (non-hydrogen) atoms. The second kappa shape index (κ2) is 7.23. The minimum Gasteiger partial charge on any atom is -0.491 e. The number of halogens is 1. The highest BCUT2D eigenvalue weighted by molar-refractivity contribution is 5.91. The van der Waals surface area contributed by atoms with Crippen molar-refractivity contribution in [1.29, 1.82) is 0 Å². The van der Waals surface area contributed by atoms with Crippen molar-refractivity contribution in [2.45, 2.75) is 25.2 Å². The number of nitrogens with zero attached hydrogens (tertiary/aromatic N) is 3. The van der Waals surface area contributed by atoms with E-state index in [-0.39, 0.29) is 30.2 Å². The number of primary amides is 1. The molecule has 1 fully saturated rings. The summed E-state index contributed by atoms with van der Waals surface area (Å²) in [7, 11) is 0. The van der Waals surface area contributed by atoms with Crippen molar-refractivity contribution < 1.29 is 28.3 Å². The molecule has 3 N–H and O–H groups in total. The minimum atomic E-state index is -1.02. The largest absolute Gasteiger partial charge is 0.491 e. The van der Waals surface area contributed by atoms with Crippen molar-refractivity contribution in [3.8, 4) is 29.0 Å². The zero-order valence-corrected chi connectivity index (χ0v) is 16.2. The third-order valence-corrected chi connectivity index (χ3v) is 5.26. The first-order valence-electron chi connectivity index (χ1n) is 9.57. The first-order valence-corrected chi connectivity index (χ1v) is 9.57. The number of carbonyl (C=O) groups excluding carboxylic acids is 1. The Bertz CT molecular complexity index is 1250. The van der Waals surface area contributed by atoms with Crippen molar-refractivity contribution >= 4 is 5.91 Å². The second-order valence-corrected chi connectivity index (χ2v) is 7.20. The molecule has 10 heteroatoms. The summed E-state index contributed by atoms with van der Waals surface area (Å²) in [4.78, 5) is 15.8. The number of amides is 1. The van der Waals surface area contributed by atoms with E-state index in [1.54, 1.807) is 16.8 Å². The molecule has 0 aliphatic carbocycles. The molecule has 4 heterocycles. The van der Waals surface area contributed by atoms with E-state index in [4.69, 9.17) is 19.7 Å². The molecule has 3 aromatic rings. The second-order valence-electron chi connectivity index (χ2n) is 7.20. The number of hydrogen-bond acceptors (Lipinski definition) is 7. The number of rotatable bonds is 3. The van der Waals surface area contributed by atoms with Crippen LogP contribution in [0.25, 0.3) is 11.4 Å². The fourth-order valence-corrected chi connectivity index (χ4v) is 3.54. The molecular weight excluding hydrogens is 407 g/mol. The van der Waals surface area contributed by atoms with Gasteiger partial charge in [0, 0.05) is 24.8 Å². The number of benzene rings is 1. The molecule has 0 radical (unpaired) electrons. The summed E-state index contributed by atoms with van der Waals surface area (Å²) < 4.78 is 32.9. The lowest BCUT2D eigenvalue weighted by atomic mass is 9.91. The molecule has 2 aliphatic rings. The maximum atomic E-state index is 14.8. The lowest BCUT2D eigenvalue weighted by Crippen LogP contribution is -2.39. The normalized spacial score (nSPS) is 19.2. The van der Waals surface area contributed by atoms with Crippen molar-refractivity contribution in [1.82, 2.24) is 14.7 Å². The van der Waals surface area contributed by atoms with Gasteiger partial charge in [0.05, 0.1) is 24.3 Å². The van der Waals surface area contributed by atoms with Crippen LogP contribution in [0.5, 0.6) is 5.75 Å². The van der Waals surface area contributed by atoms with E-state index in [2.05, 4.69) is 22.0 Å². The summed E-state index contributed by atoms with van der Waals surface area (Å²) in [5.74, 6) is 5.62. The zero-order valence-electron chi connectivity index (χ0n) is 16.2. The van der Waals surface area contributed by atoms with Crippen LogP contribution in [0.1, 0.15) is 33.9 Å². The Balaban J connectivity index is 1.57. The molecule has 158 valence electrons. The molecule has 1 atom stereocenters. The van der Waals surface area contributed by atoms with Gasteiger partial charge in [0.15, 0.2) is 11.4 Å². The number of carbonyl (C=O) groups is 1. The summed E-state index contributed by atoms with van der Waals surface area (Å²) >= 11 is 0. The predicted molar refractivity (Wildman–Crippen MR) is 103 cm³/mol. The van der Waals surface area contributed by atoms with Gasteiger partial charge in [0.1, 0.15) is 42.0 Å². The van der Waals surface area contributed by atoms with Crippen molar-refractivity contribution in [3.63, 3.8) is 0 Å². The van der Waals surface area contributed by atoms with Crippen LogP contribution in [0, 0.1) is 17.7 Å². The minimum absolute atomic E-state index is 0.111. The van der Waals surface area contributed by atoms with E-state index < -0.39 is 17.3 Å². The van der Waals surface area contributed by atoms with E-state index in [1.165, 1.54) is 12.1 Å². The first kappa shape index (κ1) is 19.3. The fraction of sp³-hybridized carbons (Fsp3) is 0.286. The van der Waals surface area contributed by atoms with Gasteiger partial charge in [-0.1, -0.05) is 17.0 Å². The number of ether oxygens (including phenoxy) is 2. The van der Waals surface area contributed by atoms with Crippen LogP contribution >= 0.6 is 0 Å². The van der Waals surface area contributed by atoms with Gasteiger partial charge < -0.3 is 29.4 Å². The Kier molecular flexibility index (Phi) is 4.50. The molecule has 0 saturated carbocycles. The number of fused-ring (bicyclic) bond motifs is 3. The zero-order chi connectivity index (χ0) is 21.6. The van der Waals surface area contributed by atoms with Crippen molar-refractivity contribution in [3.05, 3.63) is 52.9 Å². The molecule has 5 rings (SSSR count). The molecule has 1 unspecified atom stereocenters. The van der Waals surface area contributed by atoms with Gasteiger partial charge in [0.2, 0.25) is 0 Å². The summed E-state index contributed by atoms with van der Waals surface area (Å²) in [6, 6.07) is 4.35. The highest BCUT2D eigenvalue weighted by atomic mass is 19.1. The lowest BCUT2D eigenvalue weighted by molar-refractivity contribution is -0.114. The van der Waals surface area contributed by atoms with E-state index in [0.717, 1.165) is 0 Å². The lowest BCUT2D eigenvalue weighted by Gasteiger charge is -2.35. The Hall–Kier alpha value is -3.68. The smallest absolute Gasteiger partial charge is 0.268 e. The van der Waals surface area contributed by atoms with Gasteiger partial charge in [-0.25, -0.2) is 9.37 Å². The maximum absolute atomic E-state index is 14.8. The van der Waals surface area contributed by atoms with E-state index >= 15 is 0 Å². The summed E-state index contributed by atoms with van der Waals surface area (Å²) in [6.45, 7) is 0.901.